The van der Waals surface area contributed by atoms with Crippen LogP contribution in [0.3, 0.4) is 0 Å². The molecule has 0 N–H and O–H groups in total. The monoisotopic (exact) mass is 240 g/mol. The van der Waals surface area contributed by atoms with Crippen LogP contribution >= 0.6 is 24.8 Å². The standard InChI is InChI=1S/2ClH.Mg.Nd.2H/h2*1H;;;;/q;;+2;;2*-1. The summed E-state index contributed by atoms with van der Waals surface area (Å²) in [5.41, 5.74) is 0. The second-order valence-electron chi connectivity index (χ2n) is 0. The average Bonchev–Trinajstić information content (AvgIpc) is 0. The first-order chi connectivity index (χ1) is 0. The van der Waals surface area contributed by atoms with Crippen molar-refractivity contribution < 1.29 is 43.7 Å². The normalized spacial score (nSPS) is 0. The van der Waals surface area contributed by atoms with Crippen LogP contribution < -0.4 is 0 Å². The summed E-state index contributed by atoms with van der Waals surface area (Å²) < 4.78 is 0. The SMILES string of the molecule is Cl.Cl.[H-].[H-].[Mg+2].[Nd]. The zero-order chi connectivity index (χ0) is 0. The van der Waals surface area contributed by atoms with Gasteiger partial charge in [-0.2, -0.15) is 0 Å². The molecule has 0 aliphatic rings. The van der Waals surface area contributed by atoms with Gasteiger partial charge in [0.1, 0.15) is 0 Å². The van der Waals surface area contributed by atoms with E-state index in [2.05, 4.69) is 0 Å². The molecule has 0 unspecified atom stereocenters. The largest absolute Gasteiger partial charge is 2.00 e. The fraction of sp³-hybridized carbons (Fsp3) is 0. The van der Waals surface area contributed by atoms with Crippen LogP contribution in [-0.4, -0.2) is 23.1 Å². The second-order valence-corrected chi connectivity index (χ2v) is 0. The molecule has 4 heavy (non-hydrogen) atoms. The third kappa shape index (κ3) is 8.83. The average molecular weight is 243 g/mol. The Kier molecular flexibility index (Phi) is 129. The van der Waals surface area contributed by atoms with Gasteiger partial charge in [0.15, 0.2) is 0 Å². The third-order valence-electron chi connectivity index (χ3n) is 0. The molecule has 0 radical (unpaired) electrons. The van der Waals surface area contributed by atoms with E-state index in [0.29, 0.717) is 0 Å². The van der Waals surface area contributed by atoms with Gasteiger partial charge in [-0.25, -0.2) is 0 Å². The van der Waals surface area contributed by atoms with Crippen LogP contribution in [0, 0.1) is 40.8 Å². The summed E-state index contributed by atoms with van der Waals surface area (Å²) in [4.78, 5) is 0. The first-order valence-corrected chi connectivity index (χ1v) is 0. The van der Waals surface area contributed by atoms with Gasteiger partial charge in [-0.15, -0.1) is 24.8 Å². The Balaban J connectivity index is 0. The smallest absolute Gasteiger partial charge is 1.00 e. The molecular weight excluding hydrogens is 239 g/mol. The fourth-order valence-corrected chi connectivity index (χ4v) is 0. The zero-order valence-electron chi connectivity index (χ0n) is 4.02. The Morgan fingerprint density at radius 3 is 1.00 bits per heavy atom. The summed E-state index contributed by atoms with van der Waals surface area (Å²) in [7, 11) is 0. The number of rotatable bonds is 0. The molecule has 0 aromatic carbocycles. The Morgan fingerprint density at radius 1 is 1.00 bits per heavy atom. The maximum absolute atomic E-state index is 0. The Bertz CT molecular complexity index is 11.5. The van der Waals surface area contributed by atoms with E-state index in [4.69, 9.17) is 0 Å². The van der Waals surface area contributed by atoms with Crippen molar-refractivity contribution in [1.82, 2.24) is 0 Å². The van der Waals surface area contributed by atoms with Crippen LogP contribution in [0.2, 0.25) is 0 Å². The number of halogens is 2. The summed E-state index contributed by atoms with van der Waals surface area (Å²) in [5.74, 6) is 0. The van der Waals surface area contributed by atoms with Crippen LogP contribution in [0.25, 0.3) is 0 Å². The Hall–Kier alpha value is 2.70. The predicted molar refractivity (Wildman–Crippen MR) is 22.5 cm³/mol. The van der Waals surface area contributed by atoms with Crippen molar-refractivity contribution in [3.63, 3.8) is 0 Å². The van der Waals surface area contributed by atoms with Gasteiger partial charge in [0.05, 0.1) is 0 Å². The van der Waals surface area contributed by atoms with E-state index in [-0.39, 0.29) is 91.6 Å². The predicted octanol–water partition coefficient (Wildman–Crippen LogP) is 0.688. The summed E-state index contributed by atoms with van der Waals surface area (Å²) in [5, 5.41) is 0. The molecule has 0 atom stereocenters. The van der Waals surface area contributed by atoms with Gasteiger partial charge in [0, 0.05) is 40.8 Å². The molecule has 24 valence electrons. The van der Waals surface area contributed by atoms with Crippen molar-refractivity contribution in [2.75, 3.05) is 0 Å². The van der Waals surface area contributed by atoms with E-state index in [1.165, 1.54) is 0 Å². The summed E-state index contributed by atoms with van der Waals surface area (Å²) in [6.45, 7) is 0. The minimum atomic E-state index is 0. The molecule has 4 heteroatoms. The van der Waals surface area contributed by atoms with Gasteiger partial charge in [0.25, 0.3) is 0 Å². The Labute approximate surface area is 89.9 Å². The van der Waals surface area contributed by atoms with Crippen molar-refractivity contribution in [3.8, 4) is 0 Å². The summed E-state index contributed by atoms with van der Waals surface area (Å²) in [6.07, 6.45) is 0. The molecule has 0 saturated heterocycles. The van der Waals surface area contributed by atoms with Crippen molar-refractivity contribution in [2.24, 2.45) is 0 Å². The van der Waals surface area contributed by atoms with E-state index in [9.17, 15) is 0 Å². The van der Waals surface area contributed by atoms with Crippen LogP contribution in [0.5, 0.6) is 0 Å². The van der Waals surface area contributed by atoms with Gasteiger partial charge in [-0.3, -0.25) is 0 Å². The molecule has 0 spiro atoms. The van der Waals surface area contributed by atoms with Gasteiger partial charge in [0.2, 0.25) is 0 Å². The van der Waals surface area contributed by atoms with Gasteiger partial charge < -0.3 is 2.85 Å². The van der Waals surface area contributed by atoms with Gasteiger partial charge in [-0.05, 0) is 0 Å². The van der Waals surface area contributed by atoms with Crippen molar-refractivity contribution in [3.05, 3.63) is 0 Å². The first-order valence-electron chi connectivity index (χ1n) is 0. The Morgan fingerprint density at radius 2 is 1.00 bits per heavy atom. The molecule has 0 bridgehead atoms. The quantitative estimate of drug-likeness (QED) is 0.549. The third-order valence-corrected chi connectivity index (χ3v) is 0. The van der Waals surface area contributed by atoms with E-state index >= 15 is 0 Å². The van der Waals surface area contributed by atoms with Crippen molar-refractivity contribution in [2.45, 2.75) is 0 Å². The van der Waals surface area contributed by atoms with Crippen LogP contribution in [-0.2, 0) is 0 Å². The zero-order valence-corrected chi connectivity index (χ0v) is 8.28. The first kappa shape index (κ1) is 29.9. The molecule has 0 saturated carbocycles. The fourth-order valence-electron chi connectivity index (χ4n) is 0. The van der Waals surface area contributed by atoms with E-state index < -0.39 is 0 Å². The topological polar surface area (TPSA) is 0 Å². The van der Waals surface area contributed by atoms with Crippen LogP contribution in [0.1, 0.15) is 2.85 Å². The van der Waals surface area contributed by atoms with E-state index in [1.54, 1.807) is 0 Å². The van der Waals surface area contributed by atoms with Crippen molar-refractivity contribution in [1.29, 1.82) is 0 Å². The van der Waals surface area contributed by atoms with Gasteiger partial charge >= 0.3 is 23.1 Å². The van der Waals surface area contributed by atoms with E-state index in [0.717, 1.165) is 0 Å². The van der Waals surface area contributed by atoms with Crippen LogP contribution in [0.15, 0.2) is 0 Å². The molecule has 0 fully saturated rings. The molecule has 0 heterocycles. The molecule has 0 aromatic heterocycles. The number of hydrogen-bond acceptors (Lipinski definition) is 0. The number of hydrogen-bond donors (Lipinski definition) is 0. The minimum absolute atomic E-state index is 0. The van der Waals surface area contributed by atoms with E-state index in [1.807, 2.05) is 0 Å². The van der Waals surface area contributed by atoms with Crippen LogP contribution in [0.4, 0.5) is 0 Å². The molecule has 0 rings (SSSR count). The molecule has 0 nitrogen and oxygen atoms in total. The second kappa shape index (κ2) is 17.3. The summed E-state index contributed by atoms with van der Waals surface area (Å²) >= 11 is 0. The molecular formula is H4Cl2MgNd. The molecule has 0 aromatic rings. The van der Waals surface area contributed by atoms with Crippen molar-refractivity contribution >= 4 is 47.9 Å². The maximum atomic E-state index is 0. The van der Waals surface area contributed by atoms with Gasteiger partial charge in [-0.1, -0.05) is 0 Å². The maximum Gasteiger partial charge on any atom is 2.00 e. The minimum Gasteiger partial charge on any atom is -1.00 e. The summed E-state index contributed by atoms with van der Waals surface area (Å²) in [6, 6.07) is 0. The molecule has 0 aliphatic heterocycles. The molecule has 0 aliphatic carbocycles. The molecule has 0 amide bonds.